The number of imidazole rings is 1. The number of hydrogen-bond acceptors (Lipinski definition) is 4. The Morgan fingerprint density at radius 2 is 1.92 bits per heavy atom. The number of H-pyrrole nitrogens is 1. The molecular weight excluding hydrogens is 335 g/mol. The zero-order valence-corrected chi connectivity index (χ0v) is 13.9. The molecule has 7 heteroatoms. The lowest BCUT2D eigenvalue weighted by Gasteiger charge is -2.06. The maximum absolute atomic E-state index is 13.2. The van der Waals surface area contributed by atoms with Crippen molar-refractivity contribution in [2.45, 2.75) is 6.73 Å². The Labute approximate surface area is 148 Å². The summed E-state index contributed by atoms with van der Waals surface area (Å²) in [4.78, 5) is 4.42. The van der Waals surface area contributed by atoms with E-state index in [1.54, 1.807) is 24.7 Å². The first-order valence-electron chi connectivity index (χ1n) is 8.19. The SMILES string of the molecule is OCCOCn1cnc2cc(-c3cn[nH]c3-c3ccc(F)cc3)ccc21. The highest BCUT2D eigenvalue weighted by atomic mass is 19.1. The molecule has 2 aromatic carbocycles. The van der Waals surface area contributed by atoms with E-state index in [1.165, 1.54) is 12.1 Å². The fourth-order valence-corrected chi connectivity index (χ4v) is 2.90. The van der Waals surface area contributed by atoms with Crippen LogP contribution in [0, 0.1) is 5.82 Å². The standard InChI is InChI=1S/C19H17FN4O2/c20-15-4-1-13(2-5-15)19-16(10-22-23-19)14-3-6-18-17(9-14)21-11-24(18)12-26-8-7-25/h1-6,9-11,25H,7-8,12H2,(H,22,23). The second-order valence-electron chi connectivity index (χ2n) is 5.84. The molecule has 6 nitrogen and oxygen atoms in total. The van der Waals surface area contributed by atoms with Crippen molar-refractivity contribution in [3.8, 4) is 22.4 Å². The number of fused-ring (bicyclic) bond motifs is 1. The number of hydrogen-bond donors (Lipinski definition) is 2. The van der Waals surface area contributed by atoms with Gasteiger partial charge >= 0.3 is 0 Å². The summed E-state index contributed by atoms with van der Waals surface area (Å²) in [6, 6.07) is 12.2. The second kappa shape index (κ2) is 7.07. The Morgan fingerprint density at radius 3 is 2.73 bits per heavy atom. The zero-order chi connectivity index (χ0) is 17.9. The Hall–Kier alpha value is -3.03. The second-order valence-corrected chi connectivity index (χ2v) is 5.84. The summed E-state index contributed by atoms with van der Waals surface area (Å²) in [5, 5.41) is 15.9. The first kappa shape index (κ1) is 16.4. The first-order valence-corrected chi connectivity index (χ1v) is 8.19. The van der Waals surface area contributed by atoms with Gasteiger partial charge in [0.15, 0.2) is 0 Å². The monoisotopic (exact) mass is 352 g/mol. The van der Waals surface area contributed by atoms with Crippen molar-refractivity contribution in [1.82, 2.24) is 19.7 Å². The highest BCUT2D eigenvalue weighted by molar-refractivity contribution is 5.86. The summed E-state index contributed by atoms with van der Waals surface area (Å²) in [6.45, 7) is 0.611. The topological polar surface area (TPSA) is 76.0 Å². The number of nitrogens with zero attached hydrogens (tertiary/aromatic N) is 3. The number of rotatable bonds is 6. The van der Waals surface area contributed by atoms with Crippen molar-refractivity contribution in [3.63, 3.8) is 0 Å². The van der Waals surface area contributed by atoms with Gasteiger partial charge < -0.3 is 14.4 Å². The zero-order valence-electron chi connectivity index (χ0n) is 13.9. The number of halogens is 1. The fraction of sp³-hybridized carbons (Fsp3) is 0.158. The van der Waals surface area contributed by atoms with Gasteiger partial charge in [0.05, 0.1) is 42.5 Å². The highest BCUT2D eigenvalue weighted by Gasteiger charge is 2.12. The van der Waals surface area contributed by atoms with Crippen LogP contribution < -0.4 is 0 Å². The molecule has 0 saturated heterocycles. The van der Waals surface area contributed by atoms with Crippen LogP contribution in [0.5, 0.6) is 0 Å². The van der Waals surface area contributed by atoms with Crippen LogP contribution in [0.1, 0.15) is 0 Å². The highest BCUT2D eigenvalue weighted by Crippen LogP contribution is 2.31. The summed E-state index contributed by atoms with van der Waals surface area (Å²) >= 11 is 0. The molecule has 4 aromatic rings. The molecule has 0 aliphatic carbocycles. The van der Waals surface area contributed by atoms with Crippen molar-refractivity contribution in [1.29, 1.82) is 0 Å². The largest absolute Gasteiger partial charge is 0.394 e. The summed E-state index contributed by atoms with van der Waals surface area (Å²) < 4.78 is 20.4. The van der Waals surface area contributed by atoms with Crippen LogP contribution >= 0.6 is 0 Å². The summed E-state index contributed by atoms with van der Waals surface area (Å²) in [5.74, 6) is -0.273. The lowest BCUT2D eigenvalue weighted by molar-refractivity contribution is 0.0501. The molecular formula is C19H17FN4O2. The summed E-state index contributed by atoms with van der Waals surface area (Å²) in [5.41, 5.74) is 5.36. The molecule has 132 valence electrons. The van der Waals surface area contributed by atoms with Crippen molar-refractivity contribution in [2.24, 2.45) is 0 Å². The minimum atomic E-state index is -0.273. The van der Waals surface area contributed by atoms with Gasteiger partial charge in [-0.1, -0.05) is 6.07 Å². The van der Waals surface area contributed by atoms with E-state index >= 15 is 0 Å². The number of ether oxygens (including phenoxy) is 1. The summed E-state index contributed by atoms with van der Waals surface area (Å²) in [7, 11) is 0. The molecule has 2 heterocycles. The lowest BCUT2D eigenvalue weighted by Crippen LogP contribution is -2.04. The molecule has 0 radical (unpaired) electrons. The Kier molecular flexibility index (Phi) is 4.47. The van der Waals surface area contributed by atoms with E-state index in [0.717, 1.165) is 33.4 Å². The molecule has 2 aromatic heterocycles. The lowest BCUT2D eigenvalue weighted by atomic mass is 10.0. The average Bonchev–Trinajstić information content (AvgIpc) is 3.29. The molecule has 2 N–H and O–H groups in total. The molecule has 0 fully saturated rings. The van der Waals surface area contributed by atoms with Gasteiger partial charge in [0, 0.05) is 11.1 Å². The van der Waals surface area contributed by atoms with Crippen LogP contribution in [0.25, 0.3) is 33.4 Å². The van der Waals surface area contributed by atoms with Gasteiger partial charge in [-0.3, -0.25) is 5.10 Å². The first-order chi connectivity index (χ1) is 12.8. The van der Waals surface area contributed by atoms with Crippen LogP contribution in [0.2, 0.25) is 0 Å². The molecule has 0 saturated carbocycles. The van der Waals surface area contributed by atoms with Gasteiger partial charge in [0.1, 0.15) is 12.5 Å². The van der Waals surface area contributed by atoms with E-state index < -0.39 is 0 Å². The van der Waals surface area contributed by atoms with E-state index in [2.05, 4.69) is 15.2 Å². The fourth-order valence-electron chi connectivity index (χ4n) is 2.90. The molecule has 0 atom stereocenters. The van der Waals surface area contributed by atoms with Crippen LogP contribution in [0.3, 0.4) is 0 Å². The van der Waals surface area contributed by atoms with Gasteiger partial charge in [-0.15, -0.1) is 0 Å². The maximum Gasteiger partial charge on any atom is 0.124 e. The maximum atomic E-state index is 13.2. The van der Waals surface area contributed by atoms with Crippen molar-refractivity contribution in [3.05, 3.63) is 60.8 Å². The Balaban J connectivity index is 1.68. The van der Waals surface area contributed by atoms with Crippen LogP contribution in [0.4, 0.5) is 4.39 Å². The van der Waals surface area contributed by atoms with Gasteiger partial charge in [0.25, 0.3) is 0 Å². The van der Waals surface area contributed by atoms with E-state index in [1.807, 2.05) is 22.8 Å². The van der Waals surface area contributed by atoms with Crippen molar-refractivity contribution >= 4 is 11.0 Å². The van der Waals surface area contributed by atoms with Crippen molar-refractivity contribution in [2.75, 3.05) is 13.2 Å². The van der Waals surface area contributed by atoms with Crippen LogP contribution in [0.15, 0.2) is 55.0 Å². The number of nitrogens with one attached hydrogen (secondary N) is 1. The van der Waals surface area contributed by atoms with Crippen molar-refractivity contribution < 1.29 is 14.2 Å². The molecule has 0 amide bonds. The van der Waals surface area contributed by atoms with Gasteiger partial charge in [0.2, 0.25) is 0 Å². The van der Waals surface area contributed by atoms with E-state index in [0.29, 0.717) is 6.73 Å². The third kappa shape index (κ3) is 3.10. The average molecular weight is 352 g/mol. The molecule has 4 rings (SSSR count). The molecule has 0 aliphatic rings. The third-order valence-electron chi connectivity index (χ3n) is 4.17. The molecule has 0 spiro atoms. The number of aromatic nitrogens is 4. The minimum Gasteiger partial charge on any atom is -0.394 e. The van der Waals surface area contributed by atoms with Gasteiger partial charge in [-0.2, -0.15) is 5.10 Å². The third-order valence-corrected chi connectivity index (χ3v) is 4.17. The van der Waals surface area contributed by atoms with E-state index in [-0.39, 0.29) is 19.0 Å². The Morgan fingerprint density at radius 1 is 1.12 bits per heavy atom. The Bertz CT molecular complexity index is 1020. The number of aliphatic hydroxyl groups excluding tert-OH is 1. The van der Waals surface area contributed by atoms with Crippen LogP contribution in [-0.2, 0) is 11.5 Å². The van der Waals surface area contributed by atoms with Crippen LogP contribution in [-0.4, -0.2) is 38.1 Å². The quantitative estimate of drug-likeness (QED) is 0.523. The summed E-state index contributed by atoms with van der Waals surface area (Å²) in [6.07, 6.45) is 3.46. The van der Waals surface area contributed by atoms with E-state index in [9.17, 15) is 4.39 Å². The normalized spacial score (nSPS) is 11.3. The smallest absolute Gasteiger partial charge is 0.124 e. The number of aromatic amines is 1. The van der Waals surface area contributed by atoms with Gasteiger partial charge in [-0.05, 0) is 42.0 Å². The van der Waals surface area contributed by atoms with E-state index in [4.69, 9.17) is 9.84 Å². The number of aliphatic hydroxyl groups is 1. The van der Waals surface area contributed by atoms with Gasteiger partial charge in [-0.25, -0.2) is 9.37 Å². The molecule has 26 heavy (non-hydrogen) atoms. The molecule has 0 aliphatic heterocycles. The minimum absolute atomic E-state index is 0.0105. The molecule has 0 bridgehead atoms. The predicted octanol–water partition coefficient (Wildman–Crippen LogP) is 3.20. The number of benzene rings is 2. The molecule has 0 unspecified atom stereocenters. The predicted molar refractivity (Wildman–Crippen MR) is 95.7 cm³/mol.